The third kappa shape index (κ3) is 2.94. The normalized spacial score (nSPS) is 13.1. The molecule has 0 unspecified atom stereocenters. The molecule has 0 saturated heterocycles. The van der Waals surface area contributed by atoms with Gasteiger partial charge in [0.05, 0.1) is 0 Å². The highest BCUT2D eigenvalue weighted by Gasteiger charge is 2.26. The zero-order chi connectivity index (χ0) is 14.7. The molecule has 4 heteroatoms. The highest BCUT2D eigenvalue weighted by Crippen LogP contribution is 2.22. The van der Waals surface area contributed by atoms with Gasteiger partial charge in [-0.3, -0.25) is 9.59 Å². The molecule has 0 radical (unpaired) electrons. The van der Waals surface area contributed by atoms with Crippen molar-refractivity contribution < 1.29 is 9.59 Å². The van der Waals surface area contributed by atoms with Crippen LogP contribution in [0.5, 0.6) is 0 Å². The first-order valence-corrected chi connectivity index (χ1v) is 6.96. The smallest absolute Gasteiger partial charge is 0.254 e. The van der Waals surface area contributed by atoms with Crippen LogP contribution in [0.15, 0.2) is 54.6 Å². The molecule has 0 saturated carbocycles. The minimum atomic E-state index is -0.0787. The van der Waals surface area contributed by atoms with Crippen LogP contribution in [0.4, 0.5) is 5.69 Å². The quantitative estimate of drug-likeness (QED) is 0.936. The van der Waals surface area contributed by atoms with E-state index in [-0.39, 0.29) is 11.8 Å². The van der Waals surface area contributed by atoms with Crippen LogP contribution >= 0.6 is 0 Å². The van der Waals surface area contributed by atoms with Gasteiger partial charge in [-0.15, -0.1) is 0 Å². The molecule has 0 spiro atoms. The van der Waals surface area contributed by atoms with Gasteiger partial charge in [0, 0.05) is 30.8 Å². The number of nitrogens with zero attached hydrogens (tertiary/aromatic N) is 1. The maximum atomic E-state index is 12.2. The summed E-state index contributed by atoms with van der Waals surface area (Å²) >= 11 is 0. The molecular weight excluding hydrogens is 264 g/mol. The minimum absolute atomic E-state index is 0.0121. The lowest BCUT2D eigenvalue weighted by molar-refractivity contribution is -0.116. The summed E-state index contributed by atoms with van der Waals surface area (Å²) in [5.74, 6) is -0.0666. The fraction of sp³-hybridized carbons (Fsp3) is 0.176. The Labute approximate surface area is 123 Å². The van der Waals surface area contributed by atoms with Crippen LogP contribution < -0.4 is 5.32 Å². The lowest BCUT2D eigenvalue weighted by atomic mass is 10.1. The van der Waals surface area contributed by atoms with E-state index in [1.165, 1.54) is 0 Å². The van der Waals surface area contributed by atoms with Crippen molar-refractivity contribution in [3.63, 3.8) is 0 Å². The number of anilines is 1. The molecule has 2 aromatic rings. The summed E-state index contributed by atoms with van der Waals surface area (Å²) in [7, 11) is 0. The van der Waals surface area contributed by atoms with Crippen molar-refractivity contribution in [2.45, 2.75) is 13.0 Å². The van der Waals surface area contributed by atoms with Crippen molar-refractivity contribution in [1.29, 1.82) is 0 Å². The van der Waals surface area contributed by atoms with Gasteiger partial charge in [-0.2, -0.15) is 0 Å². The van der Waals surface area contributed by atoms with E-state index in [0.717, 1.165) is 16.8 Å². The zero-order valence-electron chi connectivity index (χ0n) is 11.6. The standard InChI is InChI=1S/C17H16N2O2/c20-16(18-14-7-2-1-3-8-14)10-11-19-12-13-6-4-5-9-15(13)17(19)21/h1-9H,10-12H2,(H,18,20). The van der Waals surface area contributed by atoms with Crippen molar-refractivity contribution in [3.8, 4) is 0 Å². The number of hydrogen-bond acceptors (Lipinski definition) is 2. The largest absolute Gasteiger partial charge is 0.334 e. The fourth-order valence-corrected chi connectivity index (χ4v) is 2.48. The van der Waals surface area contributed by atoms with Gasteiger partial charge in [-0.1, -0.05) is 36.4 Å². The highest BCUT2D eigenvalue weighted by atomic mass is 16.2. The average Bonchev–Trinajstić information content (AvgIpc) is 2.83. The van der Waals surface area contributed by atoms with Gasteiger partial charge in [0.1, 0.15) is 0 Å². The molecular formula is C17H16N2O2. The molecule has 1 N–H and O–H groups in total. The third-order valence-corrected chi connectivity index (χ3v) is 3.56. The second-order valence-electron chi connectivity index (χ2n) is 5.05. The summed E-state index contributed by atoms with van der Waals surface area (Å²) in [5, 5.41) is 2.82. The van der Waals surface area contributed by atoms with Crippen LogP contribution in [0.2, 0.25) is 0 Å². The summed E-state index contributed by atoms with van der Waals surface area (Å²) in [6.07, 6.45) is 0.300. The van der Waals surface area contributed by atoms with Gasteiger partial charge >= 0.3 is 0 Å². The lowest BCUT2D eigenvalue weighted by Crippen LogP contribution is -2.28. The molecule has 2 aromatic carbocycles. The predicted octanol–water partition coefficient (Wildman–Crippen LogP) is 2.67. The first kappa shape index (κ1) is 13.4. The Balaban J connectivity index is 1.55. The first-order chi connectivity index (χ1) is 10.2. The van der Waals surface area contributed by atoms with Crippen molar-refractivity contribution in [2.24, 2.45) is 0 Å². The molecule has 2 amide bonds. The zero-order valence-corrected chi connectivity index (χ0v) is 11.6. The summed E-state index contributed by atoms with van der Waals surface area (Å²) in [4.78, 5) is 25.8. The van der Waals surface area contributed by atoms with Crippen LogP contribution in [-0.4, -0.2) is 23.3 Å². The number of carbonyl (C=O) groups is 2. The van der Waals surface area contributed by atoms with Crippen LogP contribution in [0.1, 0.15) is 22.3 Å². The monoisotopic (exact) mass is 280 g/mol. The van der Waals surface area contributed by atoms with Gasteiger partial charge in [-0.25, -0.2) is 0 Å². The highest BCUT2D eigenvalue weighted by molar-refractivity contribution is 5.98. The topological polar surface area (TPSA) is 49.4 Å². The van der Waals surface area contributed by atoms with E-state index in [9.17, 15) is 9.59 Å². The van der Waals surface area contributed by atoms with Gasteiger partial charge in [0.25, 0.3) is 5.91 Å². The molecule has 1 aliphatic rings. The Kier molecular flexibility index (Phi) is 3.69. The van der Waals surface area contributed by atoms with Gasteiger partial charge in [0.2, 0.25) is 5.91 Å². The van der Waals surface area contributed by atoms with Crippen molar-refractivity contribution >= 4 is 17.5 Å². The third-order valence-electron chi connectivity index (χ3n) is 3.56. The molecule has 3 rings (SSSR count). The van der Waals surface area contributed by atoms with E-state index < -0.39 is 0 Å². The molecule has 0 bridgehead atoms. The average molecular weight is 280 g/mol. The number of nitrogens with one attached hydrogen (secondary N) is 1. The van der Waals surface area contributed by atoms with Crippen LogP contribution in [-0.2, 0) is 11.3 Å². The summed E-state index contributed by atoms with van der Waals surface area (Å²) in [6.45, 7) is 1.03. The molecule has 21 heavy (non-hydrogen) atoms. The molecule has 1 heterocycles. The fourth-order valence-electron chi connectivity index (χ4n) is 2.48. The van der Waals surface area contributed by atoms with Gasteiger partial charge in [0.15, 0.2) is 0 Å². The molecule has 0 fully saturated rings. The van der Waals surface area contributed by atoms with E-state index in [2.05, 4.69) is 5.32 Å². The SMILES string of the molecule is O=C(CCN1Cc2ccccc2C1=O)Nc1ccccc1. The maximum Gasteiger partial charge on any atom is 0.254 e. The maximum absolute atomic E-state index is 12.2. The number of benzene rings is 2. The minimum Gasteiger partial charge on any atom is -0.334 e. The molecule has 0 aliphatic carbocycles. The second-order valence-corrected chi connectivity index (χ2v) is 5.05. The predicted molar refractivity (Wildman–Crippen MR) is 80.9 cm³/mol. The van der Waals surface area contributed by atoms with E-state index >= 15 is 0 Å². The Morgan fingerprint density at radius 3 is 2.52 bits per heavy atom. The molecule has 0 atom stereocenters. The number of rotatable bonds is 4. The molecule has 4 nitrogen and oxygen atoms in total. The number of carbonyl (C=O) groups excluding carboxylic acids is 2. The number of amides is 2. The Bertz CT molecular complexity index is 668. The lowest BCUT2D eigenvalue weighted by Gasteiger charge is -2.15. The Morgan fingerprint density at radius 1 is 1.05 bits per heavy atom. The summed E-state index contributed by atoms with van der Waals surface area (Å²) < 4.78 is 0. The van der Waals surface area contributed by atoms with Crippen molar-refractivity contribution in [1.82, 2.24) is 4.90 Å². The first-order valence-electron chi connectivity index (χ1n) is 6.96. The number of fused-ring (bicyclic) bond motifs is 1. The van der Waals surface area contributed by atoms with Crippen molar-refractivity contribution in [2.75, 3.05) is 11.9 Å². The molecule has 106 valence electrons. The molecule has 1 aliphatic heterocycles. The summed E-state index contributed by atoms with van der Waals surface area (Å²) in [6, 6.07) is 16.9. The van der Waals surface area contributed by atoms with Gasteiger partial charge < -0.3 is 10.2 Å². The van der Waals surface area contributed by atoms with Gasteiger partial charge in [-0.05, 0) is 23.8 Å². The number of hydrogen-bond donors (Lipinski definition) is 1. The second kappa shape index (κ2) is 5.79. The van der Waals surface area contributed by atoms with E-state index in [1.54, 1.807) is 4.90 Å². The van der Waals surface area contributed by atoms with E-state index in [0.29, 0.717) is 19.5 Å². The number of para-hydroxylation sites is 1. The van der Waals surface area contributed by atoms with E-state index in [4.69, 9.17) is 0 Å². The van der Waals surface area contributed by atoms with Crippen LogP contribution in [0.3, 0.4) is 0 Å². The van der Waals surface area contributed by atoms with Crippen molar-refractivity contribution in [3.05, 3.63) is 65.7 Å². The molecule has 0 aromatic heterocycles. The van der Waals surface area contributed by atoms with E-state index in [1.807, 2.05) is 54.6 Å². The Hall–Kier alpha value is -2.62. The summed E-state index contributed by atoms with van der Waals surface area (Å²) in [5.41, 5.74) is 2.56. The Morgan fingerprint density at radius 2 is 1.76 bits per heavy atom. The van der Waals surface area contributed by atoms with Crippen LogP contribution in [0.25, 0.3) is 0 Å². The van der Waals surface area contributed by atoms with Crippen LogP contribution in [0, 0.1) is 0 Å².